The molecule has 2 saturated carbocycles. The number of carbonyl (C=O) groups is 2. The number of carbonyl (C=O) groups excluding carboxylic acids is 2. The van der Waals surface area contributed by atoms with Gasteiger partial charge in [-0.2, -0.15) is 0 Å². The molecular formula is C17H24O4. The van der Waals surface area contributed by atoms with Crippen molar-refractivity contribution in [1.29, 1.82) is 0 Å². The van der Waals surface area contributed by atoms with Crippen LogP contribution in [0.3, 0.4) is 0 Å². The first-order chi connectivity index (χ1) is 10.0. The predicted octanol–water partition coefficient (Wildman–Crippen LogP) is 3.01. The summed E-state index contributed by atoms with van der Waals surface area (Å²) in [5.41, 5.74) is 0.479. The fourth-order valence-electron chi connectivity index (χ4n) is 4.32. The van der Waals surface area contributed by atoms with Gasteiger partial charge < -0.3 is 9.47 Å². The van der Waals surface area contributed by atoms with E-state index in [-0.39, 0.29) is 24.1 Å². The zero-order valence-electron chi connectivity index (χ0n) is 12.7. The SMILES string of the molecule is C=C(C)C(=O)OC1CC2CC(CCC3CCC(=O)O3)C1C2. The van der Waals surface area contributed by atoms with Gasteiger partial charge in [0, 0.05) is 12.0 Å². The zero-order valence-corrected chi connectivity index (χ0v) is 12.7. The van der Waals surface area contributed by atoms with Crippen molar-refractivity contribution in [2.45, 2.75) is 64.1 Å². The van der Waals surface area contributed by atoms with Crippen LogP contribution < -0.4 is 0 Å². The summed E-state index contributed by atoms with van der Waals surface area (Å²) in [7, 11) is 0. The highest BCUT2D eigenvalue weighted by molar-refractivity contribution is 5.87. The van der Waals surface area contributed by atoms with Gasteiger partial charge in [0.05, 0.1) is 0 Å². The van der Waals surface area contributed by atoms with Gasteiger partial charge in [0.25, 0.3) is 0 Å². The summed E-state index contributed by atoms with van der Waals surface area (Å²) >= 11 is 0. The van der Waals surface area contributed by atoms with Crippen LogP contribution in [0.2, 0.25) is 0 Å². The molecular weight excluding hydrogens is 268 g/mol. The Morgan fingerprint density at radius 2 is 2.14 bits per heavy atom. The molecule has 21 heavy (non-hydrogen) atoms. The summed E-state index contributed by atoms with van der Waals surface area (Å²) in [6, 6.07) is 0. The molecule has 4 heteroatoms. The second kappa shape index (κ2) is 5.82. The van der Waals surface area contributed by atoms with E-state index < -0.39 is 0 Å². The van der Waals surface area contributed by atoms with Crippen molar-refractivity contribution in [3.63, 3.8) is 0 Å². The van der Waals surface area contributed by atoms with Crippen molar-refractivity contribution in [1.82, 2.24) is 0 Å². The number of hydrogen-bond donors (Lipinski definition) is 0. The molecule has 0 aromatic carbocycles. The molecule has 0 spiro atoms. The Kier molecular flexibility index (Phi) is 4.05. The van der Waals surface area contributed by atoms with Gasteiger partial charge in [-0.15, -0.1) is 0 Å². The zero-order chi connectivity index (χ0) is 15.0. The molecule has 1 saturated heterocycles. The Hall–Kier alpha value is -1.32. The molecule has 0 N–H and O–H groups in total. The number of fused-ring (bicyclic) bond motifs is 2. The molecule has 5 unspecified atom stereocenters. The quantitative estimate of drug-likeness (QED) is 0.577. The summed E-state index contributed by atoms with van der Waals surface area (Å²) in [5, 5.41) is 0. The van der Waals surface area contributed by atoms with Crippen LogP contribution in [0, 0.1) is 17.8 Å². The van der Waals surface area contributed by atoms with E-state index in [9.17, 15) is 9.59 Å². The molecule has 3 fully saturated rings. The molecule has 0 radical (unpaired) electrons. The van der Waals surface area contributed by atoms with Crippen molar-refractivity contribution < 1.29 is 19.1 Å². The van der Waals surface area contributed by atoms with Gasteiger partial charge >= 0.3 is 11.9 Å². The van der Waals surface area contributed by atoms with E-state index in [1.54, 1.807) is 6.92 Å². The molecule has 5 atom stereocenters. The third-order valence-corrected chi connectivity index (χ3v) is 5.33. The van der Waals surface area contributed by atoms with E-state index in [4.69, 9.17) is 9.47 Å². The first-order valence-corrected chi connectivity index (χ1v) is 8.09. The van der Waals surface area contributed by atoms with Gasteiger partial charge in [0.15, 0.2) is 0 Å². The molecule has 4 nitrogen and oxygen atoms in total. The van der Waals surface area contributed by atoms with Crippen LogP contribution in [0.1, 0.15) is 51.9 Å². The average Bonchev–Trinajstić information content (AvgIpc) is 3.11. The number of ether oxygens (including phenoxy) is 2. The van der Waals surface area contributed by atoms with Gasteiger partial charge in [-0.1, -0.05) is 6.58 Å². The Balaban J connectivity index is 1.50. The van der Waals surface area contributed by atoms with Crippen molar-refractivity contribution in [3.05, 3.63) is 12.2 Å². The number of rotatable bonds is 5. The minimum absolute atomic E-state index is 0.0544. The van der Waals surface area contributed by atoms with Crippen LogP contribution in [0.5, 0.6) is 0 Å². The number of esters is 2. The van der Waals surface area contributed by atoms with E-state index in [0.717, 1.165) is 25.7 Å². The average molecular weight is 292 g/mol. The largest absolute Gasteiger partial charge is 0.462 e. The minimum atomic E-state index is -0.254. The Morgan fingerprint density at radius 1 is 1.33 bits per heavy atom. The molecule has 1 heterocycles. The van der Waals surface area contributed by atoms with Crippen molar-refractivity contribution in [3.8, 4) is 0 Å². The highest BCUT2D eigenvalue weighted by Crippen LogP contribution is 2.51. The maximum Gasteiger partial charge on any atom is 0.333 e. The van der Waals surface area contributed by atoms with Gasteiger partial charge in [0.1, 0.15) is 12.2 Å². The van der Waals surface area contributed by atoms with E-state index >= 15 is 0 Å². The molecule has 116 valence electrons. The maximum absolute atomic E-state index is 11.7. The van der Waals surface area contributed by atoms with Crippen LogP contribution >= 0.6 is 0 Å². The Bertz CT molecular complexity index is 456. The highest BCUT2D eigenvalue weighted by atomic mass is 16.6. The van der Waals surface area contributed by atoms with Crippen LogP contribution in [-0.2, 0) is 19.1 Å². The minimum Gasteiger partial charge on any atom is -0.462 e. The van der Waals surface area contributed by atoms with Crippen LogP contribution in [0.4, 0.5) is 0 Å². The summed E-state index contributed by atoms with van der Waals surface area (Å²) in [5.74, 6) is 1.51. The molecule has 0 aromatic heterocycles. The fourth-order valence-corrected chi connectivity index (χ4v) is 4.32. The Labute approximate surface area is 125 Å². The van der Waals surface area contributed by atoms with Gasteiger partial charge in [-0.05, 0) is 63.2 Å². The van der Waals surface area contributed by atoms with Crippen LogP contribution in [0.15, 0.2) is 12.2 Å². The second-order valence-electron chi connectivity index (χ2n) is 6.95. The fraction of sp³-hybridized carbons (Fsp3) is 0.765. The third kappa shape index (κ3) is 3.14. The van der Waals surface area contributed by atoms with Gasteiger partial charge in [0.2, 0.25) is 0 Å². The smallest absolute Gasteiger partial charge is 0.333 e. The van der Waals surface area contributed by atoms with Crippen LogP contribution in [0.25, 0.3) is 0 Å². The highest BCUT2D eigenvalue weighted by Gasteiger charge is 2.47. The molecule has 1 aliphatic heterocycles. The first kappa shape index (κ1) is 14.6. The molecule has 2 aliphatic carbocycles. The topological polar surface area (TPSA) is 52.6 Å². The van der Waals surface area contributed by atoms with Gasteiger partial charge in [-0.3, -0.25) is 4.79 Å². The second-order valence-corrected chi connectivity index (χ2v) is 6.95. The van der Waals surface area contributed by atoms with Crippen molar-refractivity contribution >= 4 is 11.9 Å². The van der Waals surface area contributed by atoms with Crippen molar-refractivity contribution in [2.24, 2.45) is 17.8 Å². The predicted molar refractivity (Wildman–Crippen MR) is 77.4 cm³/mol. The normalized spacial score (nSPS) is 37.6. The van der Waals surface area contributed by atoms with E-state index in [1.165, 1.54) is 12.8 Å². The molecule has 0 amide bonds. The van der Waals surface area contributed by atoms with E-state index in [2.05, 4.69) is 6.58 Å². The lowest BCUT2D eigenvalue weighted by Crippen LogP contribution is -2.30. The summed E-state index contributed by atoms with van der Waals surface area (Å²) in [6.45, 7) is 5.35. The molecule has 3 aliphatic rings. The monoisotopic (exact) mass is 292 g/mol. The third-order valence-electron chi connectivity index (χ3n) is 5.33. The summed E-state index contributed by atoms with van der Waals surface area (Å²) < 4.78 is 10.9. The molecule has 3 rings (SSSR count). The lowest BCUT2D eigenvalue weighted by atomic mass is 9.83. The standard InChI is InChI=1S/C17H24O4/c1-10(2)17(19)21-15-9-11-7-12(14(15)8-11)3-4-13-5-6-16(18)20-13/h11-15H,1,3-9H2,2H3. The lowest BCUT2D eigenvalue weighted by molar-refractivity contribution is -0.148. The molecule has 0 aromatic rings. The van der Waals surface area contributed by atoms with Crippen molar-refractivity contribution in [2.75, 3.05) is 0 Å². The summed E-state index contributed by atoms with van der Waals surface area (Å²) in [4.78, 5) is 22.8. The summed E-state index contributed by atoms with van der Waals surface area (Å²) in [6.07, 6.45) is 7.11. The number of hydrogen-bond acceptors (Lipinski definition) is 4. The Morgan fingerprint density at radius 3 is 2.76 bits per heavy atom. The number of cyclic esters (lactones) is 1. The molecule has 2 bridgehead atoms. The van der Waals surface area contributed by atoms with Gasteiger partial charge in [-0.25, -0.2) is 4.79 Å². The lowest BCUT2D eigenvalue weighted by Gasteiger charge is -2.29. The van der Waals surface area contributed by atoms with Crippen LogP contribution in [-0.4, -0.2) is 24.1 Å². The van der Waals surface area contributed by atoms with E-state index in [1.807, 2.05) is 0 Å². The van der Waals surface area contributed by atoms with E-state index in [0.29, 0.717) is 29.7 Å². The first-order valence-electron chi connectivity index (χ1n) is 8.09. The maximum atomic E-state index is 11.7.